The summed E-state index contributed by atoms with van der Waals surface area (Å²) in [6.07, 6.45) is 1.46. The Balaban J connectivity index is 1.64. The number of hydrogen-bond acceptors (Lipinski definition) is 4. The Hall–Kier alpha value is -2.97. The van der Waals surface area contributed by atoms with Gasteiger partial charge in [0.1, 0.15) is 11.6 Å². The van der Waals surface area contributed by atoms with Gasteiger partial charge in [0, 0.05) is 5.56 Å². The first-order valence-electron chi connectivity index (χ1n) is 8.53. The zero-order valence-corrected chi connectivity index (χ0v) is 15.9. The minimum Gasteiger partial charge on any atom is -0.468 e. The molecule has 3 rings (SSSR count). The number of benzene rings is 2. The predicted molar refractivity (Wildman–Crippen MR) is 101 cm³/mol. The number of sulfonamides is 1. The summed E-state index contributed by atoms with van der Waals surface area (Å²) < 4.78 is 45.2. The van der Waals surface area contributed by atoms with Gasteiger partial charge in [0.25, 0.3) is 5.91 Å². The van der Waals surface area contributed by atoms with Crippen LogP contribution in [-0.2, 0) is 16.6 Å². The zero-order valence-electron chi connectivity index (χ0n) is 15.1. The molecule has 0 bridgehead atoms. The summed E-state index contributed by atoms with van der Waals surface area (Å²) in [4.78, 5) is 12.4. The normalized spacial score (nSPS) is 12.5. The maximum absolute atomic E-state index is 13.0. The Labute approximate surface area is 162 Å². The van der Waals surface area contributed by atoms with Crippen molar-refractivity contribution in [2.24, 2.45) is 0 Å². The van der Waals surface area contributed by atoms with Crippen molar-refractivity contribution >= 4 is 15.9 Å². The van der Waals surface area contributed by atoms with Crippen LogP contribution in [0.25, 0.3) is 0 Å². The van der Waals surface area contributed by atoms with Gasteiger partial charge in [0.05, 0.1) is 23.7 Å². The Bertz CT molecular complexity index is 1030. The highest BCUT2D eigenvalue weighted by Gasteiger charge is 2.16. The van der Waals surface area contributed by atoms with Gasteiger partial charge in [-0.3, -0.25) is 4.79 Å². The van der Waals surface area contributed by atoms with E-state index < -0.39 is 10.0 Å². The molecular formula is C20H19FN2O4S. The summed E-state index contributed by atoms with van der Waals surface area (Å²) in [6.45, 7) is 1.81. The Kier molecular flexibility index (Phi) is 5.91. The fourth-order valence-corrected chi connectivity index (χ4v) is 3.56. The lowest BCUT2D eigenvalue weighted by molar-refractivity contribution is 0.0940. The van der Waals surface area contributed by atoms with E-state index in [4.69, 9.17) is 4.42 Å². The molecule has 0 aliphatic heterocycles. The van der Waals surface area contributed by atoms with Gasteiger partial charge in [0.2, 0.25) is 10.0 Å². The molecule has 8 heteroatoms. The van der Waals surface area contributed by atoms with E-state index in [1.807, 2.05) is 0 Å². The highest BCUT2D eigenvalue weighted by molar-refractivity contribution is 7.89. The molecule has 1 atom stereocenters. The van der Waals surface area contributed by atoms with Crippen molar-refractivity contribution in [1.82, 2.24) is 10.0 Å². The number of amides is 1. The first kappa shape index (κ1) is 19.8. The van der Waals surface area contributed by atoms with Crippen LogP contribution in [0.4, 0.5) is 4.39 Å². The number of nitrogens with one attached hydrogen (secondary N) is 2. The zero-order chi connectivity index (χ0) is 20.1. The smallest absolute Gasteiger partial charge is 0.251 e. The van der Waals surface area contributed by atoms with Gasteiger partial charge in [0.15, 0.2) is 0 Å². The average molecular weight is 402 g/mol. The molecule has 0 radical (unpaired) electrons. The molecule has 1 aromatic heterocycles. The molecule has 0 saturated carbocycles. The molecule has 1 heterocycles. The molecule has 3 aromatic rings. The second-order valence-corrected chi connectivity index (χ2v) is 7.94. The van der Waals surface area contributed by atoms with Crippen LogP contribution < -0.4 is 10.0 Å². The van der Waals surface area contributed by atoms with Crippen LogP contribution in [0.5, 0.6) is 0 Å². The summed E-state index contributed by atoms with van der Waals surface area (Å²) in [5.74, 6) is -0.210. The highest BCUT2D eigenvalue weighted by Crippen LogP contribution is 2.15. The van der Waals surface area contributed by atoms with Crippen molar-refractivity contribution in [3.8, 4) is 0 Å². The minimum absolute atomic E-state index is 0.0345. The van der Waals surface area contributed by atoms with E-state index in [0.29, 0.717) is 11.3 Å². The number of carbonyl (C=O) groups is 1. The lowest BCUT2D eigenvalue weighted by Crippen LogP contribution is -2.27. The Morgan fingerprint density at radius 1 is 1.07 bits per heavy atom. The van der Waals surface area contributed by atoms with Gasteiger partial charge in [-0.05, 0) is 61.0 Å². The lowest BCUT2D eigenvalue weighted by Gasteiger charge is -2.14. The lowest BCUT2D eigenvalue weighted by atomic mass is 10.1. The number of halogens is 1. The van der Waals surface area contributed by atoms with Crippen LogP contribution in [-0.4, -0.2) is 14.3 Å². The molecule has 1 unspecified atom stereocenters. The van der Waals surface area contributed by atoms with E-state index in [1.54, 1.807) is 31.2 Å². The third kappa shape index (κ3) is 4.85. The molecule has 0 saturated heterocycles. The van der Waals surface area contributed by atoms with Crippen LogP contribution in [0.1, 0.15) is 34.6 Å². The number of hydrogen-bond donors (Lipinski definition) is 2. The molecule has 2 N–H and O–H groups in total. The summed E-state index contributed by atoms with van der Waals surface area (Å²) in [5.41, 5.74) is 1.08. The van der Waals surface area contributed by atoms with Gasteiger partial charge in [-0.1, -0.05) is 12.1 Å². The van der Waals surface area contributed by atoms with Crippen molar-refractivity contribution in [3.05, 3.63) is 89.6 Å². The minimum atomic E-state index is -3.73. The molecule has 0 fully saturated rings. The monoisotopic (exact) mass is 402 g/mol. The summed E-state index contributed by atoms with van der Waals surface area (Å²) in [6, 6.07) is 14.5. The average Bonchev–Trinajstić information content (AvgIpc) is 3.21. The Morgan fingerprint density at radius 2 is 1.75 bits per heavy atom. The summed E-state index contributed by atoms with van der Waals surface area (Å²) >= 11 is 0. The van der Waals surface area contributed by atoms with Gasteiger partial charge in [-0.15, -0.1) is 0 Å². The standard InChI is InChI=1S/C20H19FN2O4S/c1-14(15-4-8-17(21)9-5-15)23-20(24)16-6-10-19(11-7-16)28(25,26)22-13-18-3-2-12-27-18/h2-12,14,22H,13H2,1H3,(H,23,24). The topological polar surface area (TPSA) is 88.4 Å². The molecule has 2 aromatic carbocycles. The van der Waals surface area contributed by atoms with E-state index >= 15 is 0 Å². The van der Waals surface area contributed by atoms with Crippen LogP contribution in [0.15, 0.2) is 76.2 Å². The summed E-state index contributed by atoms with van der Waals surface area (Å²) in [7, 11) is -3.73. The predicted octanol–water partition coefficient (Wildman–Crippen LogP) is 3.39. The number of rotatable bonds is 7. The van der Waals surface area contributed by atoms with Gasteiger partial charge < -0.3 is 9.73 Å². The quantitative estimate of drug-likeness (QED) is 0.634. The molecule has 0 aliphatic rings. The largest absolute Gasteiger partial charge is 0.468 e. The van der Waals surface area contributed by atoms with Crippen LogP contribution in [0.3, 0.4) is 0 Å². The first-order valence-corrected chi connectivity index (χ1v) is 10.0. The third-order valence-electron chi connectivity index (χ3n) is 4.16. The van der Waals surface area contributed by atoms with Crippen LogP contribution in [0.2, 0.25) is 0 Å². The van der Waals surface area contributed by atoms with Gasteiger partial charge >= 0.3 is 0 Å². The van der Waals surface area contributed by atoms with E-state index in [9.17, 15) is 17.6 Å². The van der Waals surface area contributed by atoms with Crippen LogP contribution in [0, 0.1) is 5.82 Å². The molecule has 1 amide bonds. The second kappa shape index (κ2) is 8.37. The van der Waals surface area contributed by atoms with Crippen molar-refractivity contribution in [3.63, 3.8) is 0 Å². The van der Waals surface area contributed by atoms with Crippen molar-refractivity contribution in [2.45, 2.75) is 24.4 Å². The molecule has 0 aliphatic carbocycles. The maximum Gasteiger partial charge on any atom is 0.251 e. The molecule has 28 heavy (non-hydrogen) atoms. The summed E-state index contributed by atoms with van der Waals surface area (Å²) in [5, 5.41) is 2.79. The second-order valence-electron chi connectivity index (χ2n) is 6.17. The van der Waals surface area contributed by atoms with Crippen LogP contribution >= 0.6 is 0 Å². The molecule has 0 spiro atoms. The fraction of sp³-hybridized carbons (Fsp3) is 0.150. The van der Waals surface area contributed by atoms with E-state index in [-0.39, 0.29) is 29.2 Å². The third-order valence-corrected chi connectivity index (χ3v) is 5.58. The van der Waals surface area contributed by atoms with Gasteiger partial charge in [-0.25, -0.2) is 17.5 Å². The SMILES string of the molecule is CC(NC(=O)c1ccc(S(=O)(=O)NCc2ccco2)cc1)c1ccc(F)cc1. The van der Waals surface area contributed by atoms with E-state index in [0.717, 1.165) is 5.56 Å². The van der Waals surface area contributed by atoms with Crippen molar-refractivity contribution in [2.75, 3.05) is 0 Å². The van der Waals surface area contributed by atoms with Crippen molar-refractivity contribution in [1.29, 1.82) is 0 Å². The van der Waals surface area contributed by atoms with Crippen molar-refractivity contribution < 1.29 is 22.0 Å². The molecular weight excluding hydrogens is 383 g/mol. The van der Waals surface area contributed by atoms with E-state index in [1.165, 1.54) is 42.7 Å². The first-order chi connectivity index (χ1) is 13.3. The fourth-order valence-electron chi connectivity index (χ4n) is 2.56. The maximum atomic E-state index is 13.0. The Morgan fingerprint density at radius 3 is 2.36 bits per heavy atom. The molecule has 146 valence electrons. The highest BCUT2D eigenvalue weighted by atomic mass is 32.2. The molecule has 6 nitrogen and oxygen atoms in total. The number of carbonyl (C=O) groups excluding carboxylic acids is 1. The number of furan rings is 1. The van der Waals surface area contributed by atoms with Gasteiger partial charge in [-0.2, -0.15) is 0 Å². The van der Waals surface area contributed by atoms with E-state index in [2.05, 4.69) is 10.0 Å².